The Labute approximate surface area is 115 Å². The first-order chi connectivity index (χ1) is 9.33. The molecule has 102 valence electrons. The van der Waals surface area contributed by atoms with Gasteiger partial charge in [0, 0.05) is 37.3 Å². The molecule has 2 aromatic heterocycles. The van der Waals surface area contributed by atoms with E-state index >= 15 is 0 Å². The van der Waals surface area contributed by atoms with Gasteiger partial charge in [0.25, 0.3) is 0 Å². The number of rotatable bonds is 4. The molecule has 0 bridgehead atoms. The van der Waals surface area contributed by atoms with Crippen LogP contribution in [0.4, 0.5) is 0 Å². The third-order valence-corrected chi connectivity index (χ3v) is 4.07. The lowest BCUT2D eigenvalue weighted by molar-refractivity contribution is -0.135. The molecule has 1 saturated heterocycles. The minimum Gasteiger partial charge on any atom is -0.368 e. The van der Waals surface area contributed by atoms with E-state index in [0.29, 0.717) is 13.2 Å². The molecular weight excluding hydrogens is 262 g/mol. The summed E-state index contributed by atoms with van der Waals surface area (Å²) in [6.07, 6.45) is 7.49. The number of nitrogens with zero attached hydrogens (tertiary/aromatic N) is 2. The van der Waals surface area contributed by atoms with Crippen LogP contribution in [-0.2, 0) is 16.0 Å². The van der Waals surface area contributed by atoms with Gasteiger partial charge in [-0.15, -0.1) is 11.3 Å². The van der Waals surface area contributed by atoms with Crippen LogP contribution in [0.25, 0.3) is 4.96 Å². The molecule has 6 heteroatoms. The summed E-state index contributed by atoms with van der Waals surface area (Å²) in [4.78, 5) is 17.3. The van der Waals surface area contributed by atoms with E-state index in [0.717, 1.165) is 36.3 Å². The number of hydrogen-bond donors (Lipinski definition) is 1. The Morgan fingerprint density at radius 3 is 3.32 bits per heavy atom. The minimum atomic E-state index is -0.251. The van der Waals surface area contributed by atoms with Crippen molar-refractivity contribution in [3.8, 4) is 0 Å². The smallest absolute Gasteiger partial charge is 0.249 e. The van der Waals surface area contributed by atoms with Crippen molar-refractivity contribution in [2.45, 2.75) is 31.8 Å². The van der Waals surface area contributed by atoms with Crippen molar-refractivity contribution in [2.24, 2.45) is 0 Å². The van der Waals surface area contributed by atoms with Gasteiger partial charge in [-0.3, -0.25) is 9.20 Å². The Hall–Kier alpha value is -1.40. The number of nitrogens with one attached hydrogen (secondary N) is 1. The molecule has 3 heterocycles. The van der Waals surface area contributed by atoms with Crippen LogP contribution >= 0.6 is 11.3 Å². The van der Waals surface area contributed by atoms with Crippen molar-refractivity contribution >= 4 is 22.2 Å². The summed E-state index contributed by atoms with van der Waals surface area (Å²) in [5.74, 6) is 0.0146. The van der Waals surface area contributed by atoms with Gasteiger partial charge in [-0.2, -0.15) is 0 Å². The first-order valence-electron chi connectivity index (χ1n) is 6.63. The Morgan fingerprint density at radius 1 is 1.58 bits per heavy atom. The van der Waals surface area contributed by atoms with E-state index in [1.54, 1.807) is 11.3 Å². The van der Waals surface area contributed by atoms with Crippen LogP contribution in [0.2, 0.25) is 0 Å². The number of carbonyl (C=O) groups is 1. The first kappa shape index (κ1) is 12.6. The van der Waals surface area contributed by atoms with Gasteiger partial charge in [-0.1, -0.05) is 0 Å². The summed E-state index contributed by atoms with van der Waals surface area (Å²) in [7, 11) is 0. The topological polar surface area (TPSA) is 55.6 Å². The second kappa shape index (κ2) is 5.71. The number of carbonyl (C=O) groups excluding carboxylic acids is 1. The first-order valence-corrected chi connectivity index (χ1v) is 7.51. The molecule has 0 spiro atoms. The van der Waals surface area contributed by atoms with E-state index in [9.17, 15) is 4.79 Å². The van der Waals surface area contributed by atoms with Crippen molar-refractivity contribution in [3.05, 3.63) is 23.5 Å². The van der Waals surface area contributed by atoms with Gasteiger partial charge in [0.2, 0.25) is 5.91 Å². The molecule has 1 aliphatic heterocycles. The Morgan fingerprint density at radius 2 is 2.53 bits per heavy atom. The molecule has 0 radical (unpaired) electrons. The highest BCUT2D eigenvalue weighted by molar-refractivity contribution is 7.15. The minimum absolute atomic E-state index is 0.0146. The molecule has 0 unspecified atom stereocenters. The number of amides is 1. The van der Waals surface area contributed by atoms with Crippen molar-refractivity contribution in [3.63, 3.8) is 0 Å². The standard InChI is InChI=1S/C13H17N3O2S/c17-12(11-3-1-2-7-18-11)14-5-4-10-9-16-6-8-19-13(16)15-10/h6,8-9,11H,1-5,7H2,(H,14,17)/t11-/m0/s1. The highest BCUT2D eigenvalue weighted by Gasteiger charge is 2.21. The monoisotopic (exact) mass is 279 g/mol. The highest BCUT2D eigenvalue weighted by atomic mass is 32.1. The second-order valence-electron chi connectivity index (χ2n) is 4.72. The van der Waals surface area contributed by atoms with Crippen molar-refractivity contribution in [1.82, 2.24) is 14.7 Å². The lowest BCUT2D eigenvalue weighted by Crippen LogP contribution is -2.39. The fourth-order valence-electron chi connectivity index (χ4n) is 2.27. The van der Waals surface area contributed by atoms with E-state index < -0.39 is 0 Å². The van der Waals surface area contributed by atoms with Crippen LogP contribution < -0.4 is 5.32 Å². The predicted octanol–water partition coefficient (Wildman–Crippen LogP) is 1.62. The second-order valence-corrected chi connectivity index (χ2v) is 5.59. The number of hydrogen-bond acceptors (Lipinski definition) is 4. The number of aromatic nitrogens is 2. The van der Waals surface area contributed by atoms with Crippen LogP contribution in [0.1, 0.15) is 25.0 Å². The summed E-state index contributed by atoms with van der Waals surface area (Å²) in [6, 6.07) is 0. The molecule has 1 atom stereocenters. The van der Waals surface area contributed by atoms with E-state index in [2.05, 4.69) is 10.3 Å². The average Bonchev–Trinajstić information content (AvgIpc) is 3.00. The summed E-state index contributed by atoms with van der Waals surface area (Å²) >= 11 is 1.62. The average molecular weight is 279 g/mol. The van der Waals surface area contributed by atoms with Crippen molar-refractivity contribution < 1.29 is 9.53 Å². The third-order valence-electron chi connectivity index (χ3n) is 3.30. The normalized spacial score (nSPS) is 19.7. The summed E-state index contributed by atoms with van der Waals surface area (Å²) in [5, 5.41) is 4.94. The number of ether oxygens (including phenoxy) is 1. The third kappa shape index (κ3) is 2.96. The zero-order chi connectivity index (χ0) is 13.1. The molecule has 1 amide bonds. The van der Waals surface area contributed by atoms with Crippen molar-refractivity contribution in [1.29, 1.82) is 0 Å². The molecule has 1 aliphatic rings. The highest BCUT2D eigenvalue weighted by Crippen LogP contribution is 2.13. The lowest BCUT2D eigenvalue weighted by Gasteiger charge is -2.21. The van der Waals surface area contributed by atoms with E-state index in [1.165, 1.54) is 0 Å². The summed E-state index contributed by atoms with van der Waals surface area (Å²) in [5.41, 5.74) is 1.01. The zero-order valence-corrected chi connectivity index (χ0v) is 11.5. The fraction of sp³-hybridized carbons (Fsp3) is 0.538. The Balaban J connectivity index is 1.47. The van der Waals surface area contributed by atoms with Crippen LogP contribution in [0.15, 0.2) is 17.8 Å². The van der Waals surface area contributed by atoms with E-state index in [4.69, 9.17) is 4.74 Å². The van der Waals surface area contributed by atoms with Crippen LogP contribution in [0, 0.1) is 0 Å². The Kier molecular flexibility index (Phi) is 3.79. The molecular formula is C13H17N3O2S. The van der Waals surface area contributed by atoms with Crippen LogP contribution in [-0.4, -0.2) is 34.5 Å². The van der Waals surface area contributed by atoms with Crippen LogP contribution in [0.3, 0.4) is 0 Å². The number of fused-ring (bicyclic) bond motifs is 1. The van der Waals surface area contributed by atoms with Gasteiger partial charge in [-0.25, -0.2) is 4.98 Å². The molecule has 1 fully saturated rings. The van der Waals surface area contributed by atoms with Gasteiger partial charge in [0.05, 0.1) is 5.69 Å². The van der Waals surface area contributed by atoms with Gasteiger partial charge in [0.1, 0.15) is 6.10 Å². The number of imidazole rings is 1. The largest absolute Gasteiger partial charge is 0.368 e. The number of thiazole rings is 1. The fourth-order valence-corrected chi connectivity index (χ4v) is 2.99. The van der Waals surface area contributed by atoms with Gasteiger partial charge in [0.15, 0.2) is 4.96 Å². The van der Waals surface area contributed by atoms with Crippen LogP contribution in [0.5, 0.6) is 0 Å². The molecule has 0 saturated carbocycles. The SMILES string of the molecule is O=C(NCCc1cn2ccsc2n1)[C@@H]1CCCCO1. The molecule has 0 aliphatic carbocycles. The maximum Gasteiger partial charge on any atom is 0.249 e. The van der Waals surface area contributed by atoms with Crippen molar-refractivity contribution in [2.75, 3.05) is 13.2 Å². The molecule has 1 N–H and O–H groups in total. The molecule has 5 nitrogen and oxygen atoms in total. The Bertz CT molecular complexity index is 528. The maximum atomic E-state index is 11.9. The summed E-state index contributed by atoms with van der Waals surface area (Å²) in [6.45, 7) is 1.32. The predicted molar refractivity (Wildman–Crippen MR) is 73.4 cm³/mol. The molecule has 0 aromatic carbocycles. The molecule has 3 rings (SSSR count). The maximum absolute atomic E-state index is 11.9. The zero-order valence-electron chi connectivity index (χ0n) is 10.7. The lowest BCUT2D eigenvalue weighted by atomic mass is 10.1. The van der Waals surface area contributed by atoms with Gasteiger partial charge >= 0.3 is 0 Å². The quantitative estimate of drug-likeness (QED) is 0.925. The summed E-state index contributed by atoms with van der Waals surface area (Å²) < 4.78 is 7.45. The van der Waals surface area contributed by atoms with Gasteiger partial charge < -0.3 is 10.1 Å². The van der Waals surface area contributed by atoms with E-state index in [1.807, 2.05) is 22.2 Å². The van der Waals surface area contributed by atoms with E-state index in [-0.39, 0.29) is 12.0 Å². The molecule has 19 heavy (non-hydrogen) atoms. The van der Waals surface area contributed by atoms with Gasteiger partial charge in [-0.05, 0) is 19.3 Å². The molecule has 2 aromatic rings.